The van der Waals surface area contributed by atoms with E-state index < -0.39 is 5.60 Å². The lowest BCUT2D eigenvalue weighted by Crippen LogP contribution is -2.34. The van der Waals surface area contributed by atoms with Crippen LogP contribution in [0.3, 0.4) is 0 Å². The van der Waals surface area contributed by atoms with E-state index >= 15 is 0 Å². The maximum Gasteiger partial charge on any atom is 0.145 e. The summed E-state index contributed by atoms with van der Waals surface area (Å²) in [6.45, 7) is 0. The van der Waals surface area contributed by atoms with E-state index in [0.29, 0.717) is 12.0 Å². The highest BCUT2D eigenvalue weighted by Gasteiger charge is 2.30. The average molecular weight is 243 g/mol. The third-order valence-electron chi connectivity index (χ3n) is 3.34. The van der Waals surface area contributed by atoms with Crippen LogP contribution in [0.4, 0.5) is 4.39 Å². The number of aliphatic hydroxyl groups is 1. The fourth-order valence-corrected chi connectivity index (χ4v) is 2.62. The lowest BCUT2D eigenvalue weighted by Gasteiger charge is -2.32. The maximum absolute atomic E-state index is 13.7. The fourth-order valence-electron chi connectivity index (χ4n) is 2.43. The van der Waals surface area contributed by atoms with Crippen LogP contribution < -0.4 is 0 Å². The summed E-state index contributed by atoms with van der Waals surface area (Å²) in [5.74, 6) is -0.386. The third-order valence-corrected chi connectivity index (χ3v) is 3.63. The second-order valence-corrected chi connectivity index (χ2v) is 5.08. The average Bonchev–Trinajstić information content (AvgIpc) is 2.26. The van der Waals surface area contributed by atoms with E-state index in [1.807, 2.05) is 0 Å². The Morgan fingerprint density at radius 1 is 1.25 bits per heavy atom. The van der Waals surface area contributed by atoms with Gasteiger partial charge in [-0.25, -0.2) is 4.39 Å². The van der Waals surface area contributed by atoms with Crippen molar-refractivity contribution in [2.24, 2.45) is 0 Å². The lowest BCUT2D eigenvalue weighted by molar-refractivity contribution is 0.00380. The molecule has 1 aliphatic rings. The van der Waals surface area contributed by atoms with E-state index in [9.17, 15) is 9.50 Å². The van der Waals surface area contributed by atoms with E-state index in [0.717, 1.165) is 25.7 Å². The van der Waals surface area contributed by atoms with Crippen molar-refractivity contribution < 1.29 is 9.50 Å². The van der Waals surface area contributed by atoms with Crippen LogP contribution >= 0.6 is 11.6 Å². The van der Waals surface area contributed by atoms with E-state index in [4.69, 9.17) is 11.6 Å². The predicted molar refractivity (Wildman–Crippen MR) is 63.1 cm³/mol. The molecule has 88 valence electrons. The van der Waals surface area contributed by atoms with Gasteiger partial charge in [0, 0.05) is 6.42 Å². The van der Waals surface area contributed by atoms with Gasteiger partial charge in [0.2, 0.25) is 0 Å². The van der Waals surface area contributed by atoms with Crippen molar-refractivity contribution in [1.29, 1.82) is 0 Å². The lowest BCUT2D eigenvalue weighted by atomic mass is 9.80. The first-order chi connectivity index (χ1) is 7.61. The molecule has 16 heavy (non-hydrogen) atoms. The van der Waals surface area contributed by atoms with E-state index in [-0.39, 0.29) is 10.8 Å². The van der Waals surface area contributed by atoms with Gasteiger partial charge < -0.3 is 5.11 Å². The summed E-state index contributed by atoms with van der Waals surface area (Å²) in [5, 5.41) is 10.5. The van der Waals surface area contributed by atoms with Crippen LogP contribution in [0.25, 0.3) is 0 Å². The van der Waals surface area contributed by atoms with Crippen LogP contribution in [0.1, 0.15) is 37.7 Å². The molecule has 0 aliphatic heterocycles. The molecule has 1 nitrogen and oxygen atoms in total. The molecule has 1 aromatic carbocycles. The van der Waals surface area contributed by atoms with Crippen LogP contribution in [-0.4, -0.2) is 10.7 Å². The van der Waals surface area contributed by atoms with Crippen molar-refractivity contribution in [2.45, 2.75) is 44.1 Å². The summed E-state index contributed by atoms with van der Waals surface area (Å²) >= 11 is 5.72. The second-order valence-electron chi connectivity index (χ2n) is 4.67. The molecule has 1 N–H and O–H groups in total. The summed E-state index contributed by atoms with van der Waals surface area (Å²) in [5.41, 5.74) is -0.207. The molecule has 0 bridgehead atoms. The number of benzene rings is 1. The van der Waals surface area contributed by atoms with Crippen molar-refractivity contribution >= 4 is 11.6 Å². The molecule has 0 radical (unpaired) electrons. The first-order valence-corrected chi connectivity index (χ1v) is 6.14. The van der Waals surface area contributed by atoms with Crippen molar-refractivity contribution in [1.82, 2.24) is 0 Å². The van der Waals surface area contributed by atoms with Crippen LogP contribution in [0, 0.1) is 5.82 Å². The SMILES string of the molecule is OC1(Cc2cccc(Cl)c2F)CCCCC1. The van der Waals surface area contributed by atoms with Gasteiger partial charge in [-0.2, -0.15) is 0 Å². The minimum atomic E-state index is -0.732. The van der Waals surface area contributed by atoms with Gasteiger partial charge in [-0.3, -0.25) is 0 Å². The Balaban J connectivity index is 2.16. The van der Waals surface area contributed by atoms with Gasteiger partial charge in [0.1, 0.15) is 5.82 Å². The van der Waals surface area contributed by atoms with E-state index in [1.54, 1.807) is 12.1 Å². The first kappa shape index (κ1) is 11.9. The van der Waals surface area contributed by atoms with Gasteiger partial charge >= 0.3 is 0 Å². The monoisotopic (exact) mass is 242 g/mol. The van der Waals surface area contributed by atoms with Crippen LogP contribution in [0.2, 0.25) is 5.02 Å². The molecule has 0 unspecified atom stereocenters. The third kappa shape index (κ3) is 2.55. The van der Waals surface area contributed by atoms with E-state index in [1.165, 1.54) is 12.5 Å². The van der Waals surface area contributed by atoms with Gasteiger partial charge in [-0.1, -0.05) is 43.0 Å². The molecule has 1 aromatic rings. The molecule has 0 atom stereocenters. The smallest absolute Gasteiger partial charge is 0.145 e. The Morgan fingerprint density at radius 3 is 2.62 bits per heavy atom. The zero-order chi connectivity index (χ0) is 11.6. The zero-order valence-electron chi connectivity index (χ0n) is 9.18. The highest BCUT2D eigenvalue weighted by molar-refractivity contribution is 6.30. The summed E-state index contributed by atoms with van der Waals surface area (Å²) in [6, 6.07) is 4.96. The number of hydrogen-bond acceptors (Lipinski definition) is 1. The molecule has 1 aliphatic carbocycles. The number of halogens is 2. The van der Waals surface area contributed by atoms with Crippen molar-refractivity contribution in [3.05, 3.63) is 34.6 Å². The first-order valence-electron chi connectivity index (χ1n) is 5.76. The standard InChI is InChI=1S/C13H16ClFO/c14-11-6-4-5-10(12(11)15)9-13(16)7-2-1-3-8-13/h4-6,16H,1-3,7-9H2. The minimum absolute atomic E-state index is 0.136. The highest BCUT2D eigenvalue weighted by atomic mass is 35.5. The molecule has 0 amide bonds. The van der Waals surface area contributed by atoms with Gasteiger partial charge in [0.15, 0.2) is 0 Å². The maximum atomic E-state index is 13.7. The normalized spacial score (nSPS) is 19.7. The molecule has 0 saturated heterocycles. The molecule has 1 fully saturated rings. The minimum Gasteiger partial charge on any atom is -0.390 e. The summed E-state index contributed by atoms with van der Waals surface area (Å²) in [6.07, 6.45) is 5.12. The van der Waals surface area contributed by atoms with Crippen molar-refractivity contribution in [3.8, 4) is 0 Å². The Morgan fingerprint density at radius 2 is 1.94 bits per heavy atom. The Bertz CT molecular complexity index is 372. The van der Waals surface area contributed by atoms with Gasteiger partial charge in [-0.05, 0) is 24.5 Å². The number of rotatable bonds is 2. The Kier molecular flexibility index (Phi) is 3.50. The topological polar surface area (TPSA) is 20.2 Å². The van der Waals surface area contributed by atoms with Crippen LogP contribution in [0.15, 0.2) is 18.2 Å². The summed E-state index contributed by atoms with van der Waals surface area (Å²) in [7, 11) is 0. The van der Waals surface area contributed by atoms with Gasteiger partial charge in [0.05, 0.1) is 10.6 Å². The van der Waals surface area contributed by atoms with Crippen molar-refractivity contribution in [3.63, 3.8) is 0 Å². The molecule has 0 aromatic heterocycles. The zero-order valence-corrected chi connectivity index (χ0v) is 9.93. The summed E-state index contributed by atoms with van der Waals surface area (Å²) in [4.78, 5) is 0. The predicted octanol–water partition coefficient (Wildman–Crippen LogP) is 3.72. The van der Waals surface area contributed by atoms with Crippen LogP contribution in [-0.2, 0) is 6.42 Å². The molecule has 1 saturated carbocycles. The quantitative estimate of drug-likeness (QED) is 0.838. The largest absolute Gasteiger partial charge is 0.390 e. The van der Waals surface area contributed by atoms with Gasteiger partial charge in [0.25, 0.3) is 0 Å². The molecule has 0 spiro atoms. The molecule has 0 heterocycles. The fraction of sp³-hybridized carbons (Fsp3) is 0.538. The van der Waals surface area contributed by atoms with Crippen LogP contribution in [0.5, 0.6) is 0 Å². The molecule has 3 heteroatoms. The Labute approximate surface area is 100 Å². The van der Waals surface area contributed by atoms with Gasteiger partial charge in [-0.15, -0.1) is 0 Å². The number of hydrogen-bond donors (Lipinski definition) is 1. The highest BCUT2D eigenvalue weighted by Crippen LogP contribution is 2.32. The second kappa shape index (κ2) is 4.72. The molecular weight excluding hydrogens is 227 g/mol. The molecule has 2 rings (SSSR count). The van der Waals surface area contributed by atoms with Crippen molar-refractivity contribution in [2.75, 3.05) is 0 Å². The van der Waals surface area contributed by atoms with E-state index in [2.05, 4.69) is 0 Å². The summed E-state index contributed by atoms with van der Waals surface area (Å²) < 4.78 is 13.7. The molecular formula is C13H16ClFO. The Hall–Kier alpha value is -0.600.